The Bertz CT molecular complexity index is 974. The second kappa shape index (κ2) is 6.95. The number of hydrogen-bond donors (Lipinski definition) is 1. The highest BCUT2D eigenvalue weighted by molar-refractivity contribution is 7.99. The maximum atomic E-state index is 10.4. The predicted octanol–water partition coefficient (Wildman–Crippen LogP) is 4.21. The van der Waals surface area contributed by atoms with Crippen molar-refractivity contribution in [3.8, 4) is 6.07 Å². The average Bonchev–Trinajstić information content (AvgIpc) is 2.92. The van der Waals surface area contributed by atoms with Crippen LogP contribution < -0.4 is 0 Å². The van der Waals surface area contributed by atoms with Crippen LogP contribution in [0.3, 0.4) is 0 Å². The van der Waals surface area contributed by atoms with Crippen molar-refractivity contribution in [3.63, 3.8) is 0 Å². The number of aliphatic hydroxyl groups is 1. The van der Waals surface area contributed by atoms with Crippen LogP contribution in [0.1, 0.15) is 5.82 Å². The van der Waals surface area contributed by atoms with Crippen LogP contribution in [0.5, 0.6) is 0 Å². The molecule has 0 fully saturated rings. The topological polar surface area (TPSA) is 74.7 Å². The number of pyridine rings is 1. The Morgan fingerprint density at radius 1 is 1.33 bits per heavy atom. The summed E-state index contributed by atoms with van der Waals surface area (Å²) in [5, 5.41) is 21.0. The SMILES string of the molecule is Cn1c(C(C#N)=C(O)CSc2ncccc2Cl)nc2ccccc21. The van der Waals surface area contributed by atoms with Crippen molar-refractivity contribution in [2.24, 2.45) is 7.05 Å². The molecular formula is C17H13ClN4OS. The third kappa shape index (κ3) is 3.09. The zero-order chi connectivity index (χ0) is 17.1. The summed E-state index contributed by atoms with van der Waals surface area (Å²) in [6.45, 7) is 0. The quantitative estimate of drug-likeness (QED) is 0.430. The van der Waals surface area contributed by atoms with Gasteiger partial charge in [-0.15, -0.1) is 0 Å². The van der Waals surface area contributed by atoms with Crippen molar-refractivity contribution in [2.45, 2.75) is 5.03 Å². The summed E-state index contributed by atoms with van der Waals surface area (Å²) in [6.07, 6.45) is 1.63. The molecule has 2 heterocycles. The molecule has 0 bridgehead atoms. The van der Waals surface area contributed by atoms with Gasteiger partial charge in [-0.25, -0.2) is 9.97 Å². The maximum absolute atomic E-state index is 10.4. The van der Waals surface area contributed by atoms with Crippen LogP contribution >= 0.6 is 23.4 Å². The highest BCUT2D eigenvalue weighted by Gasteiger charge is 2.17. The van der Waals surface area contributed by atoms with Crippen molar-refractivity contribution in [1.29, 1.82) is 5.26 Å². The van der Waals surface area contributed by atoms with Gasteiger partial charge in [-0.3, -0.25) is 0 Å². The molecule has 3 rings (SSSR count). The molecule has 0 radical (unpaired) electrons. The monoisotopic (exact) mass is 356 g/mol. The zero-order valence-corrected chi connectivity index (χ0v) is 14.3. The smallest absolute Gasteiger partial charge is 0.155 e. The van der Waals surface area contributed by atoms with Crippen molar-refractivity contribution < 1.29 is 5.11 Å². The van der Waals surface area contributed by atoms with Gasteiger partial charge < -0.3 is 9.67 Å². The summed E-state index contributed by atoms with van der Waals surface area (Å²) in [7, 11) is 1.82. The van der Waals surface area contributed by atoms with Gasteiger partial charge in [-0.2, -0.15) is 5.26 Å². The molecule has 0 aliphatic carbocycles. The molecule has 2 aromatic heterocycles. The number of rotatable bonds is 4. The summed E-state index contributed by atoms with van der Waals surface area (Å²) in [6, 6.07) is 13.1. The minimum Gasteiger partial charge on any atom is -0.510 e. The van der Waals surface area contributed by atoms with E-state index in [1.54, 1.807) is 22.9 Å². The molecule has 1 aromatic carbocycles. The fourth-order valence-corrected chi connectivity index (χ4v) is 3.34. The molecule has 0 amide bonds. The first-order valence-electron chi connectivity index (χ1n) is 7.09. The van der Waals surface area contributed by atoms with E-state index in [0.29, 0.717) is 15.9 Å². The lowest BCUT2D eigenvalue weighted by atomic mass is 10.2. The Labute approximate surface area is 148 Å². The minimum atomic E-state index is -0.0531. The Kier molecular flexibility index (Phi) is 4.74. The molecule has 0 atom stereocenters. The number of thioether (sulfide) groups is 1. The summed E-state index contributed by atoms with van der Waals surface area (Å²) < 4.78 is 1.79. The van der Waals surface area contributed by atoms with E-state index in [-0.39, 0.29) is 17.1 Å². The highest BCUT2D eigenvalue weighted by atomic mass is 35.5. The number of aromatic nitrogens is 3. The largest absolute Gasteiger partial charge is 0.510 e. The number of hydrogen-bond acceptors (Lipinski definition) is 5. The van der Waals surface area contributed by atoms with Gasteiger partial charge in [0.15, 0.2) is 5.82 Å². The lowest BCUT2D eigenvalue weighted by molar-refractivity contribution is 0.420. The van der Waals surface area contributed by atoms with Crippen molar-refractivity contribution in [1.82, 2.24) is 14.5 Å². The molecule has 7 heteroatoms. The van der Waals surface area contributed by atoms with Crippen LogP contribution in [0.15, 0.2) is 53.4 Å². The van der Waals surface area contributed by atoms with Crippen molar-refractivity contribution in [2.75, 3.05) is 5.75 Å². The van der Waals surface area contributed by atoms with Gasteiger partial charge in [0, 0.05) is 13.2 Å². The van der Waals surface area contributed by atoms with E-state index in [2.05, 4.69) is 16.0 Å². The molecule has 5 nitrogen and oxygen atoms in total. The molecule has 0 unspecified atom stereocenters. The number of imidazole rings is 1. The van der Waals surface area contributed by atoms with Crippen LogP contribution in [0.4, 0.5) is 0 Å². The second-order valence-corrected chi connectivity index (χ2v) is 6.37. The number of fused-ring (bicyclic) bond motifs is 1. The predicted molar refractivity (Wildman–Crippen MR) is 95.8 cm³/mol. The van der Waals surface area contributed by atoms with E-state index in [1.807, 2.05) is 31.3 Å². The first-order chi connectivity index (χ1) is 11.6. The van der Waals surface area contributed by atoms with E-state index in [0.717, 1.165) is 11.0 Å². The minimum absolute atomic E-state index is 0.0531. The first-order valence-corrected chi connectivity index (χ1v) is 8.45. The Hall–Kier alpha value is -2.49. The molecule has 120 valence electrons. The van der Waals surface area contributed by atoms with Gasteiger partial charge in [0.2, 0.25) is 0 Å². The van der Waals surface area contributed by atoms with E-state index < -0.39 is 0 Å². The van der Waals surface area contributed by atoms with Crippen molar-refractivity contribution >= 4 is 40.0 Å². The van der Waals surface area contributed by atoms with Crippen LogP contribution in [-0.4, -0.2) is 25.4 Å². The number of para-hydroxylation sites is 2. The van der Waals surface area contributed by atoms with E-state index in [4.69, 9.17) is 11.6 Å². The van der Waals surface area contributed by atoms with E-state index in [1.165, 1.54) is 11.8 Å². The molecule has 0 saturated heterocycles. The maximum Gasteiger partial charge on any atom is 0.155 e. The number of aryl methyl sites for hydroxylation is 1. The van der Waals surface area contributed by atoms with Crippen LogP contribution in [0, 0.1) is 11.3 Å². The third-order valence-electron chi connectivity index (χ3n) is 3.48. The van der Waals surface area contributed by atoms with Gasteiger partial charge in [0.05, 0.1) is 21.8 Å². The Morgan fingerprint density at radius 2 is 2.12 bits per heavy atom. The fraction of sp³-hybridized carbons (Fsp3) is 0.118. The van der Waals surface area contributed by atoms with Gasteiger partial charge in [-0.1, -0.05) is 35.5 Å². The Balaban J connectivity index is 1.94. The van der Waals surface area contributed by atoms with Crippen LogP contribution in [0.25, 0.3) is 16.6 Å². The molecule has 0 saturated carbocycles. The number of benzene rings is 1. The summed E-state index contributed by atoms with van der Waals surface area (Å²) in [4.78, 5) is 8.60. The molecule has 0 aliphatic heterocycles. The van der Waals surface area contributed by atoms with Gasteiger partial charge in [0.25, 0.3) is 0 Å². The van der Waals surface area contributed by atoms with E-state index >= 15 is 0 Å². The van der Waals surface area contributed by atoms with Gasteiger partial charge in [-0.05, 0) is 24.3 Å². The van der Waals surface area contributed by atoms with Gasteiger partial charge in [0.1, 0.15) is 22.4 Å². The standard InChI is InChI=1S/C17H13ClN4OS/c1-22-14-7-3-2-6-13(14)21-16(22)11(9-19)15(23)10-24-17-12(18)5-4-8-20-17/h2-8,23H,10H2,1H3. The second-order valence-electron chi connectivity index (χ2n) is 5.00. The average molecular weight is 357 g/mol. The Morgan fingerprint density at radius 3 is 2.83 bits per heavy atom. The summed E-state index contributed by atoms with van der Waals surface area (Å²) in [5.41, 5.74) is 1.82. The normalized spacial score (nSPS) is 12.0. The van der Waals surface area contributed by atoms with Crippen LogP contribution in [-0.2, 0) is 7.05 Å². The van der Waals surface area contributed by atoms with Crippen LogP contribution in [0.2, 0.25) is 5.02 Å². The lowest BCUT2D eigenvalue weighted by Crippen LogP contribution is -2.01. The van der Waals surface area contributed by atoms with Gasteiger partial charge >= 0.3 is 0 Å². The number of nitriles is 1. The molecule has 0 aliphatic rings. The first kappa shape index (κ1) is 16.4. The van der Waals surface area contributed by atoms with Crippen molar-refractivity contribution in [3.05, 3.63) is 59.2 Å². The number of nitrogens with zero attached hydrogens (tertiary/aromatic N) is 4. The highest BCUT2D eigenvalue weighted by Crippen LogP contribution is 2.28. The molecule has 3 aromatic rings. The zero-order valence-electron chi connectivity index (χ0n) is 12.8. The number of aliphatic hydroxyl groups excluding tert-OH is 1. The lowest BCUT2D eigenvalue weighted by Gasteiger charge is -2.06. The molecule has 1 N–H and O–H groups in total. The number of halogens is 1. The number of allylic oxidation sites excluding steroid dienone is 1. The molecule has 0 spiro atoms. The fourth-order valence-electron chi connectivity index (χ4n) is 2.30. The summed E-state index contributed by atoms with van der Waals surface area (Å²) >= 11 is 7.32. The van der Waals surface area contributed by atoms with E-state index in [9.17, 15) is 10.4 Å². The molecular weight excluding hydrogens is 344 g/mol. The third-order valence-corrected chi connectivity index (χ3v) is 4.92. The molecule has 24 heavy (non-hydrogen) atoms. The summed E-state index contributed by atoms with van der Waals surface area (Å²) in [5.74, 6) is 0.564.